The zero-order valence-corrected chi connectivity index (χ0v) is 13.7. The fraction of sp³-hybridized carbons (Fsp3) is 0.529. The molecule has 0 aliphatic rings. The first-order chi connectivity index (χ1) is 10.4. The molecule has 0 spiro atoms. The molecule has 5 heteroatoms. The highest BCUT2D eigenvalue weighted by atomic mass is 16.5. The summed E-state index contributed by atoms with van der Waals surface area (Å²) in [5.41, 5.74) is 1.62. The van der Waals surface area contributed by atoms with Crippen LogP contribution in [-0.2, 0) is 9.53 Å². The van der Waals surface area contributed by atoms with Crippen LogP contribution in [0.15, 0.2) is 24.3 Å². The summed E-state index contributed by atoms with van der Waals surface area (Å²) in [6.07, 6.45) is 0.613. The van der Waals surface area contributed by atoms with E-state index in [1.54, 1.807) is 24.0 Å². The van der Waals surface area contributed by atoms with Gasteiger partial charge in [0.2, 0.25) is 0 Å². The molecule has 0 heterocycles. The Morgan fingerprint density at radius 2 is 1.86 bits per heavy atom. The molecule has 1 rings (SSSR count). The summed E-state index contributed by atoms with van der Waals surface area (Å²) in [5.74, 6) is -0.994. The summed E-state index contributed by atoms with van der Waals surface area (Å²) in [6.45, 7) is 5.65. The molecule has 0 saturated carbocycles. The van der Waals surface area contributed by atoms with E-state index < -0.39 is 5.92 Å². The number of hydrogen-bond acceptors (Lipinski definition) is 4. The van der Waals surface area contributed by atoms with Gasteiger partial charge in [0, 0.05) is 12.1 Å². The average Bonchev–Trinajstić information content (AvgIpc) is 2.54. The molecule has 2 atom stereocenters. The van der Waals surface area contributed by atoms with Gasteiger partial charge in [-0.15, -0.1) is 0 Å². The lowest BCUT2D eigenvalue weighted by Gasteiger charge is -2.31. The molecule has 122 valence electrons. The van der Waals surface area contributed by atoms with Gasteiger partial charge < -0.3 is 14.7 Å². The van der Waals surface area contributed by atoms with E-state index in [4.69, 9.17) is 4.74 Å². The van der Waals surface area contributed by atoms with E-state index in [-0.39, 0.29) is 31.1 Å². The van der Waals surface area contributed by atoms with Crippen LogP contribution < -0.4 is 0 Å². The van der Waals surface area contributed by atoms with E-state index in [2.05, 4.69) is 0 Å². The molecule has 0 bridgehead atoms. The van der Waals surface area contributed by atoms with Crippen LogP contribution in [0.4, 0.5) is 0 Å². The highest BCUT2D eigenvalue weighted by molar-refractivity contribution is 5.94. The van der Waals surface area contributed by atoms with Crippen molar-refractivity contribution in [2.75, 3.05) is 20.3 Å². The summed E-state index contributed by atoms with van der Waals surface area (Å²) in [6, 6.07) is 6.94. The minimum absolute atomic E-state index is 0.137. The lowest BCUT2D eigenvalue weighted by Crippen LogP contribution is -2.45. The Hall–Kier alpha value is -1.88. The normalized spacial score (nSPS) is 13.3. The van der Waals surface area contributed by atoms with E-state index >= 15 is 0 Å². The van der Waals surface area contributed by atoms with Crippen molar-refractivity contribution in [1.29, 1.82) is 0 Å². The maximum Gasteiger partial charge on any atom is 0.310 e. The van der Waals surface area contributed by atoms with Crippen molar-refractivity contribution in [3.63, 3.8) is 0 Å². The predicted molar refractivity (Wildman–Crippen MR) is 84.6 cm³/mol. The molecule has 0 saturated heterocycles. The number of amides is 1. The number of aryl methyl sites for hydroxylation is 1. The van der Waals surface area contributed by atoms with Gasteiger partial charge in [-0.25, -0.2) is 0 Å². The first-order valence-corrected chi connectivity index (χ1v) is 7.50. The molecule has 0 aliphatic heterocycles. The van der Waals surface area contributed by atoms with Gasteiger partial charge >= 0.3 is 5.97 Å². The maximum absolute atomic E-state index is 12.7. The van der Waals surface area contributed by atoms with Gasteiger partial charge in [-0.3, -0.25) is 9.59 Å². The number of carbonyl (C=O) groups is 2. The van der Waals surface area contributed by atoms with Crippen LogP contribution in [-0.4, -0.2) is 48.2 Å². The van der Waals surface area contributed by atoms with Crippen molar-refractivity contribution in [3.8, 4) is 0 Å². The average molecular weight is 307 g/mol. The maximum atomic E-state index is 12.7. The van der Waals surface area contributed by atoms with E-state index in [9.17, 15) is 14.7 Å². The number of esters is 1. The summed E-state index contributed by atoms with van der Waals surface area (Å²) in [4.78, 5) is 25.9. The van der Waals surface area contributed by atoms with Gasteiger partial charge in [-0.2, -0.15) is 0 Å². The molecule has 0 aliphatic carbocycles. The fourth-order valence-corrected chi connectivity index (χ4v) is 2.28. The van der Waals surface area contributed by atoms with E-state index in [0.717, 1.165) is 5.56 Å². The molecule has 1 aromatic rings. The number of methoxy groups -OCH3 is 1. The smallest absolute Gasteiger partial charge is 0.310 e. The van der Waals surface area contributed by atoms with Crippen LogP contribution in [0.5, 0.6) is 0 Å². The molecular formula is C17H25NO4. The van der Waals surface area contributed by atoms with Crippen LogP contribution in [0, 0.1) is 12.8 Å². The Balaban J connectivity index is 3.01. The Kier molecular flexibility index (Phi) is 7.05. The molecule has 1 aromatic carbocycles. The van der Waals surface area contributed by atoms with Crippen LogP contribution in [0.2, 0.25) is 0 Å². The number of ether oxygens (including phenoxy) is 1. The largest absolute Gasteiger partial charge is 0.469 e. The number of aliphatic hydroxyl groups excluding tert-OH is 1. The molecule has 5 nitrogen and oxygen atoms in total. The molecule has 22 heavy (non-hydrogen) atoms. The van der Waals surface area contributed by atoms with Gasteiger partial charge in [-0.1, -0.05) is 31.5 Å². The van der Waals surface area contributed by atoms with Crippen LogP contribution in [0.1, 0.15) is 36.2 Å². The minimum Gasteiger partial charge on any atom is -0.469 e. The molecule has 1 N–H and O–H groups in total. The van der Waals surface area contributed by atoms with Crippen molar-refractivity contribution >= 4 is 11.9 Å². The van der Waals surface area contributed by atoms with Crippen molar-refractivity contribution in [1.82, 2.24) is 4.90 Å². The van der Waals surface area contributed by atoms with Gasteiger partial charge in [0.1, 0.15) is 0 Å². The molecule has 1 amide bonds. The summed E-state index contributed by atoms with van der Waals surface area (Å²) >= 11 is 0. The summed E-state index contributed by atoms with van der Waals surface area (Å²) < 4.78 is 4.72. The number of benzene rings is 1. The number of rotatable bonds is 7. The Labute approximate surface area is 131 Å². The molecule has 0 fully saturated rings. The fourth-order valence-electron chi connectivity index (χ4n) is 2.28. The SMILES string of the molecule is CCC(CO)N(CC(C)C(=O)OC)C(=O)c1ccc(C)cc1. The second-order valence-corrected chi connectivity index (χ2v) is 5.49. The van der Waals surface area contributed by atoms with Crippen molar-refractivity contribution in [2.45, 2.75) is 33.2 Å². The van der Waals surface area contributed by atoms with Gasteiger partial charge in [0.05, 0.1) is 25.7 Å². The van der Waals surface area contributed by atoms with Gasteiger partial charge in [-0.05, 0) is 25.5 Å². The Bertz CT molecular complexity index is 494. The number of nitrogens with zero attached hydrogens (tertiary/aromatic N) is 1. The zero-order chi connectivity index (χ0) is 16.7. The van der Waals surface area contributed by atoms with E-state index in [0.29, 0.717) is 12.0 Å². The second kappa shape index (κ2) is 8.54. The monoisotopic (exact) mass is 307 g/mol. The van der Waals surface area contributed by atoms with Gasteiger partial charge in [0.25, 0.3) is 5.91 Å². The minimum atomic E-state index is -0.444. The van der Waals surface area contributed by atoms with Gasteiger partial charge in [0.15, 0.2) is 0 Å². The third kappa shape index (κ3) is 4.56. The standard InChI is InChI=1S/C17H25NO4/c1-5-15(11-19)18(10-13(3)17(21)22-4)16(20)14-8-6-12(2)7-9-14/h6-9,13,15,19H,5,10-11H2,1-4H3. The third-order valence-corrected chi connectivity index (χ3v) is 3.76. The van der Waals surface area contributed by atoms with E-state index in [1.807, 2.05) is 26.0 Å². The number of aliphatic hydroxyl groups is 1. The third-order valence-electron chi connectivity index (χ3n) is 3.76. The lowest BCUT2D eigenvalue weighted by molar-refractivity contribution is -0.145. The molecule has 0 radical (unpaired) electrons. The van der Waals surface area contributed by atoms with Crippen molar-refractivity contribution in [2.24, 2.45) is 5.92 Å². The van der Waals surface area contributed by atoms with Crippen LogP contribution in [0.25, 0.3) is 0 Å². The Morgan fingerprint density at radius 3 is 2.32 bits per heavy atom. The van der Waals surface area contributed by atoms with E-state index in [1.165, 1.54) is 7.11 Å². The lowest BCUT2D eigenvalue weighted by atomic mass is 10.1. The highest BCUT2D eigenvalue weighted by Gasteiger charge is 2.27. The molecule has 0 aromatic heterocycles. The summed E-state index contributed by atoms with van der Waals surface area (Å²) in [7, 11) is 1.33. The highest BCUT2D eigenvalue weighted by Crippen LogP contribution is 2.15. The first kappa shape index (κ1) is 18.2. The zero-order valence-electron chi connectivity index (χ0n) is 13.7. The topological polar surface area (TPSA) is 66.8 Å². The van der Waals surface area contributed by atoms with Crippen molar-refractivity contribution in [3.05, 3.63) is 35.4 Å². The molecular weight excluding hydrogens is 282 g/mol. The van der Waals surface area contributed by atoms with Crippen molar-refractivity contribution < 1.29 is 19.4 Å². The van der Waals surface area contributed by atoms with Crippen LogP contribution in [0.3, 0.4) is 0 Å². The Morgan fingerprint density at radius 1 is 1.27 bits per heavy atom. The quantitative estimate of drug-likeness (QED) is 0.783. The number of carbonyl (C=O) groups excluding carboxylic acids is 2. The number of hydrogen-bond donors (Lipinski definition) is 1. The molecule has 2 unspecified atom stereocenters. The predicted octanol–water partition coefficient (Wildman–Crippen LogP) is 2.02. The second-order valence-electron chi connectivity index (χ2n) is 5.49. The first-order valence-electron chi connectivity index (χ1n) is 7.50. The summed E-state index contributed by atoms with van der Waals surface area (Å²) in [5, 5.41) is 9.53. The van der Waals surface area contributed by atoms with Crippen LogP contribution >= 0.6 is 0 Å².